The third-order valence-electron chi connectivity index (χ3n) is 4.26. The molecular formula is C20H35NO2S. The molecule has 3 nitrogen and oxygen atoms in total. The van der Waals surface area contributed by atoms with Gasteiger partial charge < -0.3 is 4.90 Å². The first-order chi connectivity index (χ1) is 10.9. The highest BCUT2D eigenvalue weighted by Gasteiger charge is 2.29. The molecule has 0 atom stereocenters. The first-order valence-electron chi connectivity index (χ1n) is 8.81. The Morgan fingerprint density at radius 1 is 1.12 bits per heavy atom. The van der Waals surface area contributed by atoms with Crippen molar-refractivity contribution in [3.05, 3.63) is 35.4 Å². The van der Waals surface area contributed by atoms with Crippen molar-refractivity contribution in [2.24, 2.45) is 5.92 Å². The number of aryl methyl sites for hydroxylation is 1. The molecule has 0 bridgehead atoms. The van der Waals surface area contributed by atoms with E-state index in [4.69, 9.17) is 0 Å². The molecule has 1 aromatic rings. The SMILES string of the molecule is CC(=O)N(CC(C)C)C(C)(C)Cc1ccc(CC[SH](C)(C)=O)cc1. The van der Waals surface area contributed by atoms with Crippen molar-refractivity contribution in [1.82, 2.24) is 4.90 Å². The summed E-state index contributed by atoms with van der Waals surface area (Å²) in [6.07, 6.45) is 5.38. The number of carbonyl (C=O) groups excluding carboxylic acids is 1. The molecule has 0 fully saturated rings. The fourth-order valence-electron chi connectivity index (χ4n) is 2.98. The highest BCUT2D eigenvalue weighted by molar-refractivity contribution is 8.01. The predicted molar refractivity (Wildman–Crippen MR) is 106 cm³/mol. The van der Waals surface area contributed by atoms with Gasteiger partial charge in [0.05, 0.1) is 0 Å². The van der Waals surface area contributed by atoms with E-state index in [1.54, 1.807) is 6.92 Å². The summed E-state index contributed by atoms with van der Waals surface area (Å²) in [5, 5.41) is 0. The molecule has 24 heavy (non-hydrogen) atoms. The molecule has 1 rings (SSSR count). The molecule has 0 spiro atoms. The molecule has 0 saturated heterocycles. The minimum absolute atomic E-state index is 0.131. The van der Waals surface area contributed by atoms with Gasteiger partial charge in [-0.3, -0.25) is 9.00 Å². The Kier molecular flexibility index (Phi) is 7.21. The van der Waals surface area contributed by atoms with E-state index in [1.807, 2.05) is 17.4 Å². The van der Waals surface area contributed by atoms with Crippen LogP contribution in [0.1, 0.15) is 45.7 Å². The molecule has 138 valence electrons. The fourth-order valence-corrected chi connectivity index (χ4v) is 3.78. The molecule has 0 aliphatic carbocycles. The molecule has 1 aromatic carbocycles. The van der Waals surface area contributed by atoms with Crippen molar-refractivity contribution < 1.29 is 9.00 Å². The highest BCUT2D eigenvalue weighted by atomic mass is 32.2. The zero-order valence-corrected chi connectivity index (χ0v) is 17.3. The lowest BCUT2D eigenvalue weighted by Crippen LogP contribution is -2.49. The standard InChI is InChI=1S/C20H35NO2S/c1-16(2)15-21(17(3)22)20(4,5)14-19-10-8-18(9-11-19)12-13-24(6,7)23/h8-11,16,24H,12-15H2,1-7H3. The Bertz CT molecular complexity index is 584. The summed E-state index contributed by atoms with van der Waals surface area (Å²) in [6.45, 7) is 11.0. The molecule has 0 N–H and O–H groups in total. The van der Waals surface area contributed by atoms with Crippen LogP contribution >= 0.6 is 0 Å². The average molecular weight is 354 g/mol. The highest BCUT2D eigenvalue weighted by Crippen LogP contribution is 2.22. The Hall–Kier alpha value is -1.16. The van der Waals surface area contributed by atoms with Gasteiger partial charge in [0, 0.05) is 24.8 Å². The molecule has 0 heterocycles. The minimum atomic E-state index is -1.96. The van der Waals surface area contributed by atoms with Crippen LogP contribution in [0.3, 0.4) is 0 Å². The lowest BCUT2D eigenvalue weighted by molar-refractivity contribution is -0.134. The quantitative estimate of drug-likeness (QED) is 0.728. The van der Waals surface area contributed by atoms with Crippen LogP contribution in [0.5, 0.6) is 0 Å². The Morgan fingerprint density at radius 2 is 1.62 bits per heavy atom. The number of benzene rings is 1. The van der Waals surface area contributed by atoms with Crippen LogP contribution in [0.4, 0.5) is 0 Å². The number of nitrogens with zero attached hydrogens (tertiary/aromatic N) is 1. The third-order valence-corrected chi connectivity index (χ3v) is 5.56. The maximum atomic E-state index is 12.0. The summed E-state index contributed by atoms with van der Waals surface area (Å²) in [6, 6.07) is 8.53. The van der Waals surface area contributed by atoms with E-state index in [1.165, 1.54) is 11.1 Å². The van der Waals surface area contributed by atoms with Crippen molar-refractivity contribution in [2.75, 3.05) is 24.8 Å². The van der Waals surface area contributed by atoms with Gasteiger partial charge in [0.2, 0.25) is 5.91 Å². The zero-order valence-electron chi connectivity index (χ0n) is 16.4. The summed E-state index contributed by atoms with van der Waals surface area (Å²) >= 11 is 0. The van der Waals surface area contributed by atoms with Gasteiger partial charge in [-0.1, -0.05) is 38.1 Å². The smallest absolute Gasteiger partial charge is 0.219 e. The summed E-state index contributed by atoms with van der Waals surface area (Å²) < 4.78 is 11.8. The average Bonchev–Trinajstić information content (AvgIpc) is 2.42. The lowest BCUT2D eigenvalue weighted by atomic mass is 9.91. The number of hydrogen-bond acceptors (Lipinski definition) is 2. The first-order valence-corrected chi connectivity index (χ1v) is 11.6. The predicted octanol–water partition coefficient (Wildman–Crippen LogP) is 3.33. The molecular weight excluding hydrogens is 318 g/mol. The van der Waals surface area contributed by atoms with Crippen molar-refractivity contribution in [3.8, 4) is 0 Å². The Labute approximate surface area is 149 Å². The van der Waals surface area contributed by atoms with Crippen LogP contribution < -0.4 is 0 Å². The maximum Gasteiger partial charge on any atom is 0.219 e. The number of carbonyl (C=O) groups is 1. The largest absolute Gasteiger partial charge is 0.337 e. The molecule has 0 saturated carbocycles. The number of amides is 1. The number of thiol groups is 1. The topological polar surface area (TPSA) is 37.4 Å². The van der Waals surface area contributed by atoms with Crippen LogP contribution in [-0.4, -0.2) is 45.4 Å². The molecule has 0 aliphatic rings. The van der Waals surface area contributed by atoms with Crippen LogP contribution in [0, 0.1) is 5.92 Å². The van der Waals surface area contributed by atoms with E-state index in [9.17, 15) is 9.00 Å². The summed E-state index contributed by atoms with van der Waals surface area (Å²) in [5.74, 6) is 1.34. The lowest BCUT2D eigenvalue weighted by Gasteiger charge is -2.39. The zero-order chi connectivity index (χ0) is 18.5. The third kappa shape index (κ3) is 7.16. The number of hydrogen-bond donors (Lipinski definition) is 1. The monoisotopic (exact) mass is 353 g/mol. The second-order valence-corrected chi connectivity index (χ2v) is 12.0. The summed E-state index contributed by atoms with van der Waals surface area (Å²) in [5.41, 5.74) is 2.25. The van der Waals surface area contributed by atoms with E-state index >= 15 is 0 Å². The molecule has 4 heteroatoms. The Balaban J connectivity index is 2.79. The number of rotatable bonds is 8. The van der Waals surface area contributed by atoms with Gasteiger partial charge in [-0.25, -0.2) is 0 Å². The van der Waals surface area contributed by atoms with Crippen molar-refractivity contribution in [1.29, 1.82) is 0 Å². The summed E-state index contributed by atoms with van der Waals surface area (Å²) in [4.78, 5) is 14.0. The molecule has 0 aliphatic heterocycles. The molecule has 1 amide bonds. The van der Waals surface area contributed by atoms with Crippen LogP contribution in [0.2, 0.25) is 0 Å². The van der Waals surface area contributed by atoms with Crippen molar-refractivity contribution in [2.45, 2.75) is 53.0 Å². The molecule has 0 unspecified atom stereocenters. The van der Waals surface area contributed by atoms with Crippen LogP contribution in [0.25, 0.3) is 0 Å². The minimum Gasteiger partial charge on any atom is -0.337 e. The first kappa shape index (κ1) is 20.9. The van der Waals surface area contributed by atoms with E-state index < -0.39 is 9.93 Å². The van der Waals surface area contributed by atoms with Crippen LogP contribution in [-0.2, 0) is 27.6 Å². The molecule has 0 radical (unpaired) electrons. The van der Waals surface area contributed by atoms with E-state index in [0.29, 0.717) is 5.92 Å². The summed E-state index contributed by atoms with van der Waals surface area (Å²) in [7, 11) is -1.96. The van der Waals surface area contributed by atoms with Gasteiger partial charge in [0.25, 0.3) is 0 Å². The second-order valence-electron chi connectivity index (χ2n) is 8.38. The van der Waals surface area contributed by atoms with Gasteiger partial charge in [0.1, 0.15) is 0 Å². The van der Waals surface area contributed by atoms with E-state index in [-0.39, 0.29) is 11.4 Å². The normalized spacial score (nSPS) is 13.2. The van der Waals surface area contributed by atoms with E-state index in [2.05, 4.69) is 52.0 Å². The second kappa shape index (κ2) is 8.28. The Morgan fingerprint density at radius 3 is 2.04 bits per heavy atom. The van der Waals surface area contributed by atoms with Crippen molar-refractivity contribution >= 4 is 15.8 Å². The molecule has 0 aromatic heterocycles. The maximum absolute atomic E-state index is 12.0. The van der Waals surface area contributed by atoms with Gasteiger partial charge >= 0.3 is 0 Å². The van der Waals surface area contributed by atoms with Crippen molar-refractivity contribution in [3.63, 3.8) is 0 Å². The van der Waals surface area contributed by atoms with Gasteiger partial charge in [-0.15, -0.1) is 9.93 Å². The van der Waals surface area contributed by atoms with E-state index in [0.717, 1.165) is 25.1 Å². The van der Waals surface area contributed by atoms with Gasteiger partial charge in [-0.2, -0.15) is 0 Å². The fraction of sp³-hybridized carbons (Fsp3) is 0.650. The van der Waals surface area contributed by atoms with Crippen LogP contribution in [0.15, 0.2) is 24.3 Å². The van der Waals surface area contributed by atoms with Gasteiger partial charge in [-0.05, 0) is 56.2 Å². The van der Waals surface area contributed by atoms with Gasteiger partial charge in [0.15, 0.2) is 0 Å².